The largest absolute Gasteiger partial charge is 0.493 e. The van der Waals surface area contributed by atoms with Crippen molar-refractivity contribution in [1.29, 1.82) is 0 Å². The highest BCUT2D eigenvalue weighted by Gasteiger charge is 2.14. The van der Waals surface area contributed by atoms with Gasteiger partial charge in [0.25, 0.3) is 0 Å². The first kappa shape index (κ1) is 27.9. The van der Waals surface area contributed by atoms with Crippen LogP contribution in [0.5, 0.6) is 11.5 Å². The molecule has 12 heteroatoms. The van der Waals surface area contributed by atoms with Crippen LogP contribution >= 0.6 is 23.1 Å². The summed E-state index contributed by atoms with van der Waals surface area (Å²) in [5.74, 6) is 1.43. The molecule has 4 rings (SSSR count). The molecular weight excluding hydrogens is 536 g/mol. The second-order valence-corrected chi connectivity index (χ2v) is 10.2. The number of benzene rings is 2. The Labute approximate surface area is 234 Å². The van der Waals surface area contributed by atoms with Crippen molar-refractivity contribution in [2.24, 2.45) is 7.05 Å². The van der Waals surface area contributed by atoms with Crippen LogP contribution < -0.4 is 20.1 Å². The highest BCUT2D eigenvalue weighted by Crippen LogP contribution is 2.28. The number of hydrogen-bond donors (Lipinski definition) is 2. The number of carbonyl (C=O) groups excluding carboxylic acids is 2. The molecule has 0 fully saturated rings. The zero-order chi connectivity index (χ0) is 27.8. The first-order chi connectivity index (χ1) is 18.9. The number of aryl methyl sites for hydroxylation is 1. The summed E-state index contributed by atoms with van der Waals surface area (Å²) in [6.07, 6.45) is 3.11. The molecule has 10 nitrogen and oxygen atoms in total. The minimum atomic E-state index is -0.283. The van der Waals surface area contributed by atoms with Crippen molar-refractivity contribution < 1.29 is 19.1 Å². The maximum atomic E-state index is 12.5. The predicted octanol–water partition coefficient (Wildman–Crippen LogP) is 4.32. The van der Waals surface area contributed by atoms with Crippen molar-refractivity contribution in [1.82, 2.24) is 25.1 Å². The molecule has 0 saturated carbocycles. The van der Waals surface area contributed by atoms with E-state index in [-0.39, 0.29) is 24.1 Å². The zero-order valence-corrected chi connectivity index (χ0v) is 23.6. The Bertz CT molecular complexity index is 1480. The minimum absolute atomic E-state index is 0.145. The van der Waals surface area contributed by atoms with Crippen molar-refractivity contribution >= 4 is 46.1 Å². The van der Waals surface area contributed by atoms with E-state index in [1.54, 1.807) is 44.0 Å². The third-order valence-electron chi connectivity index (χ3n) is 5.61. The van der Waals surface area contributed by atoms with E-state index in [0.717, 1.165) is 16.8 Å². The van der Waals surface area contributed by atoms with Gasteiger partial charge in [0.15, 0.2) is 27.6 Å². The number of carbonyl (C=O) groups is 2. The Kier molecular flexibility index (Phi) is 9.34. The maximum absolute atomic E-state index is 12.5. The van der Waals surface area contributed by atoms with Crippen LogP contribution in [0.2, 0.25) is 0 Å². The van der Waals surface area contributed by atoms with Crippen LogP contribution in [0.3, 0.4) is 0 Å². The number of aromatic nitrogens is 4. The van der Waals surface area contributed by atoms with Crippen molar-refractivity contribution in [2.75, 3.05) is 25.3 Å². The molecule has 0 atom stereocenters. The standard InChI is InChI=1S/C27H28N6O4S2/c1-17-5-9-19(10-6-17)20-15-38-26(29-20)30-25(35)16-39-27-32-31-23(33(27)2)14-28-24(34)12-8-18-7-11-21(36-3)22(13-18)37-4/h5-13,15H,14,16H2,1-4H3,(H,28,34)(H,29,30,35). The van der Waals surface area contributed by atoms with Gasteiger partial charge in [-0.3, -0.25) is 9.59 Å². The molecule has 0 bridgehead atoms. The van der Waals surface area contributed by atoms with Gasteiger partial charge in [0.05, 0.1) is 32.2 Å². The van der Waals surface area contributed by atoms with Crippen LogP contribution in [-0.2, 0) is 23.2 Å². The van der Waals surface area contributed by atoms with Gasteiger partial charge in [-0.1, -0.05) is 47.7 Å². The highest BCUT2D eigenvalue weighted by molar-refractivity contribution is 7.99. The van der Waals surface area contributed by atoms with Gasteiger partial charge in [-0.15, -0.1) is 21.5 Å². The molecule has 0 spiro atoms. The Hall–Kier alpha value is -4.16. The van der Waals surface area contributed by atoms with Crippen molar-refractivity contribution in [2.45, 2.75) is 18.6 Å². The summed E-state index contributed by atoms with van der Waals surface area (Å²) in [5.41, 5.74) is 3.79. The van der Waals surface area contributed by atoms with E-state index >= 15 is 0 Å². The number of nitrogens with one attached hydrogen (secondary N) is 2. The Morgan fingerprint density at radius 1 is 1.08 bits per heavy atom. The SMILES string of the molecule is COc1ccc(C=CC(=O)NCc2nnc(SCC(=O)Nc3nc(-c4ccc(C)cc4)cs3)n2C)cc1OC. The normalized spacial score (nSPS) is 11.0. The Balaban J connectivity index is 1.25. The number of ether oxygens (including phenoxy) is 2. The van der Waals surface area contributed by atoms with E-state index in [4.69, 9.17) is 9.47 Å². The second-order valence-electron chi connectivity index (χ2n) is 8.36. The smallest absolute Gasteiger partial charge is 0.244 e. The molecule has 2 N–H and O–H groups in total. The molecule has 0 aliphatic rings. The van der Waals surface area contributed by atoms with Gasteiger partial charge < -0.3 is 24.7 Å². The topological polar surface area (TPSA) is 120 Å². The lowest BCUT2D eigenvalue weighted by Crippen LogP contribution is -2.22. The first-order valence-corrected chi connectivity index (χ1v) is 13.7. The van der Waals surface area contributed by atoms with Gasteiger partial charge in [-0.25, -0.2) is 4.98 Å². The van der Waals surface area contributed by atoms with Crippen molar-refractivity contribution in [3.63, 3.8) is 0 Å². The number of rotatable bonds is 11. The number of thioether (sulfide) groups is 1. The van der Waals surface area contributed by atoms with E-state index in [1.807, 2.05) is 42.6 Å². The van der Waals surface area contributed by atoms with Gasteiger partial charge >= 0.3 is 0 Å². The van der Waals surface area contributed by atoms with E-state index in [2.05, 4.69) is 25.8 Å². The third kappa shape index (κ3) is 7.45. The van der Waals surface area contributed by atoms with E-state index in [9.17, 15) is 9.59 Å². The number of nitrogens with zero attached hydrogens (tertiary/aromatic N) is 4. The molecule has 0 aliphatic carbocycles. The Morgan fingerprint density at radius 3 is 2.59 bits per heavy atom. The molecule has 2 aromatic carbocycles. The summed E-state index contributed by atoms with van der Waals surface area (Å²) in [7, 11) is 4.91. The Morgan fingerprint density at radius 2 is 1.85 bits per heavy atom. The summed E-state index contributed by atoms with van der Waals surface area (Å²) in [6.45, 7) is 2.22. The van der Waals surface area contributed by atoms with E-state index in [0.29, 0.717) is 27.6 Å². The molecule has 0 saturated heterocycles. The van der Waals surface area contributed by atoms with Crippen molar-refractivity contribution in [3.8, 4) is 22.8 Å². The van der Waals surface area contributed by atoms with Gasteiger partial charge in [-0.2, -0.15) is 0 Å². The van der Waals surface area contributed by atoms with Gasteiger partial charge in [0, 0.05) is 24.1 Å². The molecule has 0 unspecified atom stereocenters. The first-order valence-electron chi connectivity index (χ1n) is 11.9. The molecule has 2 amide bonds. The molecule has 4 aromatic rings. The van der Waals surface area contributed by atoms with Crippen LogP contribution in [0, 0.1) is 6.92 Å². The molecule has 2 heterocycles. The summed E-state index contributed by atoms with van der Waals surface area (Å²) in [5, 5.41) is 16.9. The minimum Gasteiger partial charge on any atom is -0.493 e. The zero-order valence-electron chi connectivity index (χ0n) is 21.9. The van der Waals surface area contributed by atoms with E-state index < -0.39 is 0 Å². The molecule has 202 valence electrons. The number of amides is 2. The summed E-state index contributed by atoms with van der Waals surface area (Å²) < 4.78 is 12.3. The molecular formula is C27H28N6O4S2. The summed E-state index contributed by atoms with van der Waals surface area (Å²) >= 11 is 2.63. The van der Waals surface area contributed by atoms with Crippen LogP contribution in [0.1, 0.15) is 17.0 Å². The molecule has 0 aliphatic heterocycles. The fraction of sp³-hybridized carbons (Fsp3) is 0.222. The number of hydrogen-bond acceptors (Lipinski definition) is 9. The monoisotopic (exact) mass is 564 g/mol. The number of anilines is 1. The third-order valence-corrected chi connectivity index (χ3v) is 7.39. The quantitative estimate of drug-likeness (QED) is 0.204. The fourth-order valence-corrected chi connectivity index (χ4v) is 4.92. The lowest BCUT2D eigenvalue weighted by atomic mass is 10.1. The van der Waals surface area contributed by atoms with Gasteiger partial charge in [0.1, 0.15) is 0 Å². The maximum Gasteiger partial charge on any atom is 0.244 e. The molecule has 0 radical (unpaired) electrons. The van der Waals surface area contributed by atoms with Crippen LogP contribution in [0.25, 0.3) is 17.3 Å². The molecule has 2 aromatic heterocycles. The van der Waals surface area contributed by atoms with Crippen LogP contribution in [-0.4, -0.2) is 51.5 Å². The summed E-state index contributed by atoms with van der Waals surface area (Å²) in [6, 6.07) is 13.5. The van der Waals surface area contributed by atoms with Crippen LogP contribution in [0.4, 0.5) is 5.13 Å². The number of thiazole rings is 1. The summed E-state index contributed by atoms with van der Waals surface area (Å²) in [4.78, 5) is 29.3. The number of methoxy groups -OCH3 is 2. The lowest BCUT2D eigenvalue weighted by molar-refractivity contribution is -0.116. The van der Waals surface area contributed by atoms with Crippen LogP contribution in [0.15, 0.2) is 59.1 Å². The van der Waals surface area contributed by atoms with Gasteiger partial charge in [0.2, 0.25) is 11.8 Å². The fourth-order valence-electron chi connectivity index (χ4n) is 3.45. The average Bonchev–Trinajstić information content (AvgIpc) is 3.55. The van der Waals surface area contributed by atoms with E-state index in [1.165, 1.54) is 34.7 Å². The lowest BCUT2D eigenvalue weighted by Gasteiger charge is -2.07. The van der Waals surface area contributed by atoms with Gasteiger partial charge in [-0.05, 0) is 30.7 Å². The highest BCUT2D eigenvalue weighted by atomic mass is 32.2. The second kappa shape index (κ2) is 13.1. The van der Waals surface area contributed by atoms with Crippen molar-refractivity contribution in [3.05, 3.63) is 70.9 Å². The predicted molar refractivity (Wildman–Crippen MR) is 153 cm³/mol. The molecule has 39 heavy (non-hydrogen) atoms. The average molecular weight is 565 g/mol.